The fraction of sp³-hybridized carbons (Fsp3) is 0.556. The van der Waals surface area contributed by atoms with Gasteiger partial charge in [-0.3, -0.25) is 19.2 Å². The van der Waals surface area contributed by atoms with Crippen LogP contribution >= 0.6 is 0 Å². The summed E-state index contributed by atoms with van der Waals surface area (Å²) >= 11 is 0. The number of rotatable bonds is 17. The van der Waals surface area contributed by atoms with Gasteiger partial charge in [0.05, 0.1) is 6.04 Å². The molecule has 4 rings (SSSR count). The predicted octanol–water partition coefficient (Wildman–Crippen LogP) is 1.34. The van der Waals surface area contributed by atoms with Crippen molar-refractivity contribution in [2.45, 2.75) is 95.0 Å². The quantitative estimate of drug-likeness (QED) is 0.162. The molecule has 2 fully saturated rings. The average Bonchev–Trinajstić information content (AvgIpc) is 3.04. The van der Waals surface area contributed by atoms with E-state index in [4.69, 9.17) is 11.5 Å². The van der Waals surface area contributed by atoms with Crippen molar-refractivity contribution in [3.8, 4) is 0 Å². The molecule has 2 bridgehead atoms. The Labute approximate surface area is 279 Å². The van der Waals surface area contributed by atoms with Crippen LogP contribution in [0.1, 0.15) is 57.1 Å². The number of nitrogens with two attached hydrogens (primary N) is 2. The lowest BCUT2D eigenvalue weighted by Gasteiger charge is -2.56. The molecule has 2 aromatic carbocycles. The molecule has 0 spiro atoms. The molecule has 2 aromatic rings. The molecule has 2 saturated heterocycles. The van der Waals surface area contributed by atoms with Crippen LogP contribution in [-0.4, -0.2) is 96.4 Å². The normalized spacial score (nSPS) is 20.0. The van der Waals surface area contributed by atoms with Crippen LogP contribution < -0.4 is 27.4 Å². The van der Waals surface area contributed by atoms with E-state index in [1.807, 2.05) is 79.4 Å². The Morgan fingerprint density at radius 2 is 1.30 bits per heavy atom. The van der Waals surface area contributed by atoms with Crippen molar-refractivity contribution >= 4 is 23.6 Å². The zero-order chi connectivity index (χ0) is 33.9. The van der Waals surface area contributed by atoms with Gasteiger partial charge in [-0.15, -0.1) is 0 Å². The van der Waals surface area contributed by atoms with Crippen molar-refractivity contribution in [1.82, 2.24) is 25.8 Å². The second kappa shape index (κ2) is 17.4. The summed E-state index contributed by atoms with van der Waals surface area (Å²) in [6.07, 6.45) is 3.80. The minimum absolute atomic E-state index is 0.0685. The molecule has 0 radical (unpaired) electrons. The second-order valence-corrected chi connectivity index (χ2v) is 13.6. The van der Waals surface area contributed by atoms with Crippen LogP contribution in [0.4, 0.5) is 0 Å². The van der Waals surface area contributed by atoms with Gasteiger partial charge in [0.15, 0.2) is 0 Å². The molecule has 6 atom stereocenters. The van der Waals surface area contributed by atoms with Crippen molar-refractivity contribution in [3.63, 3.8) is 0 Å². The second-order valence-electron chi connectivity index (χ2n) is 13.6. The summed E-state index contributed by atoms with van der Waals surface area (Å²) in [5, 5.41) is 8.77. The molecule has 2 aliphatic rings. The molecule has 47 heavy (non-hydrogen) atoms. The maximum Gasteiger partial charge on any atom is 0.245 e. The molecule has 0 aromatic heterocycles. The number of likely N-dealkylation sites (tertiary alicyclic amines) is 2. The fourth-order valence-corrected chi connectivity index (χ4v) is 6.66. The van der Waals surface area contributed by atoms with Crippen molar-refractivity contribution in [3.05, 3.63) is 71.8 Å². The summed E-state index contributed by atoms with van der Waals surface area (Å²) in [6, 6.07) is 15.7. The number of nitrogens with zero attached hydrogens (tertiary/aromatic N) is 2. The third-order valence-electron chi connectivity index (χ3n) is 9.08. The smallest absolute Gasteiger partial charge is 0.245 e. The Hall–Kier alpha value is -3.80. The van der Waals surface area contributed by atoms with Crippen LogP contribution in [0.5, 0.6) is 0 Å². The Kier molecular flexibility index (Phi) is 13.3. The van der Waals surface area contributed by atoms with Gasteiger partial charge in [0.25, 0.3) is 0 Å². The number of benzene rings is 2. The lowest BCUT2D eigenvalue weighted by Crippen LogP contribution is -2.72. The summed E-state index contributed by atoms with van der Waals surface area (Å²) in [5.74, 6) is -1.34. The van der Waals surface area contributed by atoms with E-state index in [9.17, 15) is 19.2 Å². The molecule has 2 aliphatic heterocycles. The number of hydrogen-bond donors (Lipinski definition) is 5. The van der Waals surface area contributed by atoms with Gasteiger partial charge in [-0.2, -0.15) is 0 Å². The zero-order valence-corrected chi connectivity index (χ0v) is 28.1. The van der Waals surface area contributed by atoms with E-state index in [-0.39, 0.29) is 30.3 Å². The molecule has 2 heterocycles. The average molecular weight is 648 g/mol. The third-order valence-corrected chi connectivity index (χ3v) is 9.08. The maximum absolute atomic E-state index is 13.9. The van der Waals surface area contributed by atoms with Gasteiger partial charge in [-0.1, -0.05) is 74.5 Å². The highest BCUT2D eigenvalue weighted by atomic mass is 16.2. The number of piperidine rings is 1. The van der Waals surface area contributed by atoms with Gasteiger partial charge in [0.2, 0.25) is 23.6 Å². The van der Waals surface area contributed by atoms with Crippen LogP contribution in [0.25, 0.3) is 0 Å². The minimum atomic E-state index is -0.964. The molecule has 7 N–H and O–H groups in total. The lowest BCUT2D eigenvalue weighted by molar-refractivity contribution is -0.156. The van der Waals surface area contributed by atoms with E-state index in [1.54, 1.807) is 0 Å². The monoisotopic (exact) mass is 647 g/mol. The van der Waals surface area contributed by atoms with Gasteiger partial charge in [-0.05, 0) is 69.2 Å². The van der Waals surface area contributed by atoms with E-state index in [0.717, 1.165) is 37.1 Å². The molecule has 11 heteroatoms. The van der Waals surface area contributed by atoms with Crippen molar-refractivity contribution in [2.75, 3.05) is 26.7 Å². The van der Waals surface area contributed by atoms with Gasteiger partial charge in [0.1, 0.15) is 18.1 Å². The van der Waals surface area contributed by atoms with Crippen LogP contribution in [0.15, 0.2) is 60.7 Å². The van der Waals surface area contributed by atoms with Crippen LogP contribution in [-0.2, 0) is 32.0 Å². The summed E-state index contributed by atoms with van der Waals surface area (Å²) in [7, 11) is 2.06. The highest BCUT2D eigenvalue weighted by Crippen LogP contribution is 2.32. The van der Waals surface area contributed by atoms with Crippen LogP contribution in [0.3, 0.4) is 0 Å². The first kappa shape index (κ1) is 36.0. The highest BCUT2D eigenvalue weighted by molar-refractivity contribution is 5.95. The lowest BCUT2D eigenvalue weighted by atomic mass is 9.86. The summed E-state index contributed by atoms with van der Waals surface area (Å²) in [5.41, 5.74) is 13.8. The van der Waals surface area contributed by atoms with Crippen molar-refractivity contribution < 1.29 is 19.2 Å². The third kappa shape index (κ3) is 10.3. The number of amides is 4. The highest BCUT2D eigenvalue weighted by Gasteiger charge is 2.48. The first-order valence-electron chi connectivity index (χ1n) is 17.0. The Morgan fingerprint density at radius 1 is 0.766 bits per heavy atom. The fourth-order valence-electron chi connectivity index (χ4n) is 6.66. The topological polar surface area (TPSA) is 163 Å². The molecular formula is C36H53N7O4. The standard InChI is InChI=1S/C36H53N7O4/c1-24(2)18-31(34(45)39-30(16-10-11-17-37)36(47)43-27-21-28(43)23-42(3)22-27)41-35(46)32(20-26-14-8-5-9-15-26)40-33(44)29(38)19-25-12-6-4-7-13-25/h4-9,12-15,24,27-32H,10-11,16-23,37-38H2,1-3H3,(H,39,45)(H,40,44)(H,41,46). The van der Waals surface area contributed by atoms with Crippen molar-refractivity contribution in [1.29, 1.82) is 0 Å². The molecule has 6 unspecified atom stereocenters. The summed E-state index contributed by atoms with van der Waals surface area (Å²) in [6.45, 7) is 6.09. The molecule has 4 amide bonds. The number of unbranched alkanes of at least 4 members (excludes halogenated alkanes) is 1. The molecular weight excluding hydrogens is 594 g/mol. The van der Waals surface area contributed by atoms with E-state index in [1.165, 1.54) is 0 Å². The summed E-state index contributed by atoms with van der Waals surface area (Å²) in [4.78, 5) is 58.9. The first-order chi connectivity index (χ1) is 22.5. The van der Waals surface area contributed by atoms with E-state index < -0.39 is 41.9 Å². The Morgan fingerprint density at radius 3 is 1.87 bits per heavy atom. The summed E-state index contributed by atoms with van der Waals surface area (Å²) < 4.78 is 0. The zero-order valence-electron chi connectivity index (χ0n) is 28.1. The number of carbonyl (C=O) groups excluding carboxylic acids is 4. The Balaban J connectivity index is 1.47. The van der Waals surface area contributed by atoms with Crippen molar-refractivity contribution in [2.24, 2.45) is 17.4 Å². The number of piperazine rings is 1. The maximum atomic E-state index is 13.9. The number of carbonyl (C=O) groups is 4. The number of likely N-dealkylation sites (N-methyl/N-ethyl adjacent to an activating group) is 1. The predicted molar refractivity (Wildman–Crippen MR) is 183 cm³/mol. The van der Waals surface area contributed by atoms with Gasteiger partial charge in [0, 0.05) is 31.6 Å². The minimum Gasteiger partial charge on any atom is -0.343 e. The van der Waals surface area contributed by atoms with Crippen LogP contribution in [0, 0.1) is 5.92 Å². The van der Waals surface area contributed by atoms with Gasteiger partial charge < -0.3 is 37.2 Å². The molecule has 11 nitrogen and oxygen atoms in total. The number of nitrogens with one attached hydrogen (secondary N) is 3. The Bertz CT molecular complexity index is 1310. The largest absolute Gasteiger partial charge is 0.343 e. The van der Waals surface area contributed by atoms with Gasteiger partial charge >= 0.3 is 0 Å². The molecule has 256 valence electrons. The SMILES string of the molecule is CC(C)CC(NC(=O)C(Cc1ccccc1)NC(=O)C(N)Cc1ccccc1)C(=O)NC(CCCCN)C(=O)N1C2CC1CN(C)C2. The van der Waals surface area contributed by atoms with E-state index in [0.29, 0.717) is 32.2 Å². The van der Waals surface area contributed by atoms with E-state index >= 15 is 0 Å². The molecule has 0 aliphatic carbocycles. The van der Waals surface area contributed by atoms with E-state index in [2.05, 4.69) is 27.9 Å². The van der Waals surface area contributed by atoms with Gasteiger partial charge in [-0.25, -0.2) is 0 Å². The first-order valence-corrected chi connectivity index (χ1v) is 17.0. The number of fused-ring (bicyclic) bond motifs is 2. The molecule has 0 saturated carbocycles. The number of hydrogen-bond acceptors (Lipinski definition) is 7. The van der Waals surface area contributed by atoms with Crippen LogP contribution in [0.2, 0.25) is 0 Å².